The lowest BCUT2D eigenvalue weighted by molar-refractivity contribution is -0.147. The number of unbranched alkanes of at least 4 members (excludes halogenated alkanes) is 9. The molecule has 0 radical (unpaired) electrons. The van der Waals surface area contributed by atoms with Crippen LogP contribution in [-0.2, 0) is 9.59 Å². The van der Waals surface area contributed by atoms with E-state index in [1.165, 1.54) is 44.9 Å². The zero-order valence-corrected chi connectivity index (χ0v) is 18.6. The number of hydrogen-bond donors (Lipinski definition) is 1. The van der Waals surface area contributed by atoms with Crippen LogP contribution in [0.4, 0.5) is 0 Å². The van der Waals surface area contributed by atoms with Gasteiger partial charge in [0.15, 0.2) is 0 Å². The molecule has 0 spiro atoms. The Hall–Kier alpha value is -1.12. The summed E-state index contributed by atoms with van der Waals surface area (Å²) in [4.78, 5) is 22.5. The van der Waals surface area contributed by atoms with Gasteiger partial charge in [0.05, 0.1) is 5.41 Å². The van der Waals surface area contributed by atoms with E-state index < -0.39 is 11.4 Å². The fourth-order valence-electron chi connectivity index (χ4n) is 3.06. The van der Waals surface area contributed by atoms with Crippen molar-refractivity contribution < 1.29 is 14.7 Å². The Labute approximate surface area is 168 Å². The second-order valence-corrected chi connectivity index (χ2v) is 9.36. The van der Waals surface area contributed by atoms with Gasteiger partial charge in [0.25, 0.3) is 0 Å². The fraction of sp³-hybridized carbons (Fsp3) is 0.833. The standard InChI is InChI=1S/C24H44O3/c1-21(25)23(2,3)19-17-15-13-11-9-7-6-8-10-12-14-16-18-20-24(4,5)22(26)27/h6,8H,7,9-20H2,1-5H3,(H,26,27). The zero-order chi connectivity index (χ0) is 20.8. The summed E-state index contributed by atoms with van der Waals surface area (Å²) in [5, 5.41) is 9.08. The summed E-state index contributed by atoms with van der Waals surface area (Å²) >= 11 is 0. The molecule has 0 aliphatic rings. The highest BCUT2D eigenvalue weighted by Crippen LogP contribution is 2.25. The predicted molar refractivity (Wildman–Crippen MR) is 115 cm³/mol. The van der Waals surface area contributed by atoms with Gasteiger partial charge in [-0.25, -0.2) is 0 Å². The molecule has 0 rings (SSSR count). The van der Waals surface area contributed by atoms with E-state index in [1.54, 1.807) is 6.92 Å². The Bertz CT molecular complexity index is 447. The normalized spacial score (nSPS) is 12.6. The summed E-state index contributed by atoms with van der Waals surface area (Å²) in [6, 6.07) is 0. The highest BCUT2D eigenvalue weighted by Gasteiger charge is 2.25. The minimum Gasteiger partial charge on any atom is -0.481 e. The van der Waals surface area contributed by atoms with Crippen molar-refractivity contribution in [1.82, 2.24) is 0 Å². The van der Waals surface area contributed by atoms with Gasteiger partial charge in [-0.15, -0.1) is 0 Å². The molecule has 3 heteroatoms. The van der Waals surface area contributed by atoms with Crippen LogP contribution in [0.3, 0.4) is 0 Å². The van der Waals surface area contributed by atoms with E-state index in [-0.39, 0.29) is 5.41 Å². The molecule has 27 heavy (non-hydrogen) atoms. The average molecular weight is 381 g/mol. The maximum absolute atomic E-state index is 11.5. The van der Waals surface area contributed by atoms with E-state index in [0.717, 1.165) is 38.5 Å². The van der Waals surface area contributed by atoms with E-state index >= 15 is 0 Å². The molecule has 0 aliphatic carbocycles. The van der Waals surface area contributed by atoms with Crippen molar-refractivity contribution in [3.63, 3.8) is 0 Å². The summed E-state index contributed by atoms with van der Waals surface area (Å²) in [6.45, 7) is 9.43. The van der Waals surface area contributed by atoms with Gasteiger partial charge in [0.1, 0.15) is 5.78 Å². The first-order valence-electron chi connectivity index (χ1n) is 11.0. The molecular formula is C24H44O3. The van der Waals surface area contributed by atoms with Crippen molar-refractivity contribution in [3.05, 3.63) is 12.2 Å². The fourth-order valence-corrected chi connectivity index (χ4v) is 3.06. The van der Waals surface area contributed by atoms with Crippen LogP contribution in [0.1, 0.15) is 118 Å². The number of carboxylic acid groups (broad SMARTS) is 1. The van der Waals surface area contributed by atoms with Gasteiger partial charge < -0.3 is 5.11 Å². The molecule has 0 aromatic carbocycles. The first-order chi connectivity index (χ1) is 12.6. The summed E-state index contributed by atoms with van der Waals surface area (Å²) in [5.74, 6) is -0.387. The number of carbonyl (C=O) groups excluding carboxylic acids is 1. The molecule has 0 amide bonds. The maximum Gasteiger partial charge on any atom is 0.309 e. The first kappa shape index (κ1) is 25.9. The van der Waals surface area contributed by atoms with E-state index in [0.29, 0.717) is 5.78 Å². The molecule has 0 saturated carbocycles. The van der Waals surface area contributed by atoms with Gasteiger partial charge in [0, 0.05) is 5.41 Å². The minimum absolute atomic E-state index is 0.144. The molecular weight excluding hydrogens is 336 g/mol. The van der Waals surface area contributed by atoms with Gasteiger partial charge in [0.2, 0.25) is 0 Å². The topological polar surface area (TPSA) is 54.4 Å². The third-order valence-electron chi connectivity index (χ3n) is 5.79. The van der Waals surface area contributed by atoms with Crippen molar-refractivity contribution >= 4 is 11.8 Å². The van der Waals surface area contributed by atoms with Crippen LogP contribution >= 0.6 is 0 Å². The number of hydrogen-bond acceptors (Lipinski definition) is 2. The van der Waals surface area contributed by atoms with Crippen LogP contribution in [0.5, 0.6) is 0 Å². The summed E-state index contributed by atoms with van der Waals surface area (Å²) in [6.07, 6.45) is 19.4. The van der Waals surface area contributed by atoms with E-state index in [2.05, 4.69) is 26.0 Å². The molecule has 0 bridgehead atoms. The van der Waals surface area contributed by atoms with Gasteiger partial charge in [-0.1, -0.05) is 70.9 Å². The number of allylic oxidation sites excluding steroid dienone is 2. The Morgan fingerprint density at radius 3 is 1.44 bits per heavy atom. The monoisotopic (exact) mass is 380 g/mol. The summed E-state index contributed by atoms with van der Waals surface area (Å²) in [5.41, 5.74) is -0.723. The van der Waals surface area contributed by atoms with Crippen molar-refractivity contribution in [2.45, 2.75) is 118 Å². The van der Waals surface area contributed by atoms with Gasteiger partial charge in [-0.05, 0) is 59.3 Å². The van der Waals surface area contributed by atoms with Gasteiger partial charge >= 0.3 is 5.97 Å². The van der Waals surface area contributed by atoms with Crippen LogP contribution in [-0.4, -0.2) is 16.9 Å². The highest BCUT2D eigenvalue weighted by molar-refractivity contribution is 5.81. The molecule has 0 atom stereocenters. The molecule has 1 N–H and O–H groups in total. The van der Waals surface area contributed by atoms with Crippen LogP contribution in [0.15, 0.2) is 12.2 Å². The molecule has 0 heterocycles. The van der Waals surface area contributed by atoms with Crippen LogP contribution in [0, 0.1) is 10.8 Å². The lowest BCUT2D eigenvalue weighted by atomic mass is 9.83. The Kier molecular flexibility index (Phi) is 13.4. The SMILES string of the molecule is CC(=O)C(C)(C)CCCCCCCC=CCCCCCCC(C)(C)C(=O)O. The Morgan fingerprint density at radius 2 is 1.04 bits per heavy atom. The molecule has 0 saturated heterocycles. The Morgan fingerprint density at radius 1 is 0.667 bits per heavy atom. The second-order valence-electron chi connectivity index (χ2n) is 9.36. The van der Waals surface area contributed by atoms with Crippen molar-refractivity contribution in [1.29, 1.82) is 0 Å². The number of carboxylic acids is 1. The zero-order valence-electron chi connectivity index (χ0n) is 18.6. The number of aliphatic carboxylic acids is 1. The first-order valence-corrected chi connectivity index (χ1v) is 11.0. The lowest BCUT2D eigenvalue weighted by Crippen LogP contribution is -2.23. The van der Waals surface area contributed by atoms with E-state index in [4.69, 9.17) is 5.11 Å². The maximum atomic E-state index is 11.5. The third kappa shape index (κ3) is 13.7. The molecule has 0 fully saturated rings. The number of ketones is 1. The van der Waals surface area contributed by atoms with E-state index in [9.17, 15) is 9.59 Å². The van der Waals surface area contributed by atoms with Gasteiger partial charge in [-0.2, -0.15) is 0 Å². The van der Waals surface area contributed by atoms with Crippen LogP contribution in [0.25, 0.3) is 0 Å². The Balaban J connectivity index is 3.42. The second kappa shape index (κ2) is 14.0. The molecule has 3 nitrogen and oxygen atoms in total. The molecule has 0 aromatic heterocycles. The van der Waals surface area contributed by atoms with Crippen molar-refractivity contribution in [2.75, 3.05) is 0 Å². The molecule has 0 aromatic rings. The van der Waals surface area contributed by atoms with Crippen LogP contribution in [0.2, 0.25) is 0 Å². The van der Waals surface area contributed by atoms with Crippen molar-refractivity contribution in [3.8, 4) is 0 Å². The van der Waals surface area contributed by atoms with Crippen LogP contribution < -0.4 is 0 Å². The number of carbonyl (C=O) groups is 2. The summed E-state index contributed by atoms with van der Waals surface area (Å²) < 4.78 is 0. The quantitative estimate of drug-likeness (QED) is 0.212. The number of Topliss-reactive ketones (excluding diaryl/α,β-unsaturated/α-hetero) is 1. The molecule has 158 valence electrons. The molecule has 0 aliphatic heterocycles. The van der Waals surface area contributed by atoms with Crippen molar-refractivity contribution in [2.24, 2.45) is 10.8 Å². The average Bonchev–Trinajstić information content (AvgIpc) is 2.57. The smallest absolute Gasteiger partial charge is 0.309 e. The largest absolute Gasteiger partial charge is 0.481 e. The summed E-state index contributed by atoms with van der Waals surface area (Å²) in [7, 11) is 0. The minimum atomic E-state index is -0.690. The predicted octanol–water partition coefficient (Wildman–Crippen LogP) is 7.34. The molecule has 0 unspecified atom stereocenters. The highest BCUT2D eigenvalue weighted by atomic mass is 16.4. The lowest BCUT2D eigenvalue weighted by Gasteiger charge is -2.20. The number of rotatable bonds is 17. The third-order valence-corrected chi connectivity index (χ3v) is 5.79. The van der Waals surface area contributed by atoms with E-state index in [1.807, 2.05) is 13.8 Å². The van der Waals surface area contributed by atoms with Gasteiger partial charge in [-0.3, -0.25) is 9.59 Å².